The van der Waals surface area contributed by atoms with Gasteiger partial charge in [0.1, 0.15) is 5.60 Å². The smallest absolute Gasteiger partial charge is 0.143 e. The van der Waals surface area contributed by atoms with Crippen LogP contribution in [0.25, 0.3) is 0 Å². The number of nitrogens with zero attached hydrogens (tertiary/aromatic N) is 1. The third-order valence-corrected chi connectivity index (χ3v) is 8.12. The molecule has 0 spiro atoms. The van der Waals surface area contributed by atoms with Gasteiger partial charge in [0.05, 0.1) is 12.7 Å². The molecule has 40 heavy (non-hydrogen) atoms. The monoisotopic (exact) mass is 525 g/mol. The number of hydrogen-bond acceptors (Lipinski definition) is 3. The van der Waals surface area contributed by atoms with Crippen molar-refractivity contribution in [3.63, 3.8) is 0 Å². The first kappa shape index (κ1) is 26.2. The van der Waals surface area contributed by atoms with E-state index in [1.807, 2.05) is 24.3 Å². The molecule has 1 saturated heterocycles. The Labute approximate surface area is 237 Å². The molecule has 3 nitrogen and oxygen atoms in total. The number of rotatable bonds is 10. The second kappa shape index (κ2) is 12.0. The lowest BCUT2D eigenvalue weighted by Crippen LogP contribution is -2.55. The highest BCUT2D eigenvalue weighted by molar-refractivity contribution is 5.47. The fraction of sp³-hybridized carbons (Fsp3) is 0.189. The molecule has 0 unspecified atom stereocenters. The highest BCUT2D eigenvalue weighted by Crippen LogP contribution is 2.44. The molecule has 200 valence electrons. The Kier molecular flexibility index (Phi) is 7.87. The Morgan fingerprint density at radius 1 is 0.625 bits per heavy atom. The van der Waals surface area contributed by atoms with Gasteiger partial charge in [-0.15, -0.1) is 0 Å². The number of benzene rings is 5. The first-order chi connectivity index (χ1) is 19.8. The molecule has 5 aromatic carbocycles. The zero-order chi connectivity index (χ0) is 27.2. The van der Waals surface area contributed by atoms with Crippen molar-refractivity contribution in [1.82, 2.24) is 4.90 Å². The maximum atomic E-state index is 11.7. The molecule has 0 aromatic heterocycles. The van der Waals surface area contributed by atoms with Gasteiger partial charge in [0.2, 0.25) is 0 Å². The molecular formula is C37H35NO2. The minimum absolute atomic E-state index is 0.0612. The fourth-order valence-corrected chi connectivity index (χ4v) is 6.14. The van der Waals surface area contributed by atoms with E-state index >= 15 is 0 Å². The van der Waals surface area contributed by atoms with Gasteiger partial charge in [0.25, 0.3) is 0 Å². The summed E-state index contributed by atoms with van der Waals surface area (Å²) in [6.07, 6.45) is -0.632. The quantitative estimate of drug-likeness (QED) is 0.195. The molecule has 1 fully saturated rings. The Bertz CT molecular complexity index is 1360. The minimum Gasteiger partial charge on any atom is -0.390 e. The van der Waals surface area contributed by atoms with Gasteiger partial charge in [-0.2, -0.15) is 0 Å². The van der Waals surface area contributed by atoms with E-state index in [2.05, 4.69) is 132 Å². The van der Waals surface area contributed by atoms with Crippen LogP contribution >= 0.6 is 0 Å². The van der Waals surface area contributed by atoms with Crippen LogP contribution in [-0.2, 0) is 16.9 Å². The molecular weight excluding hydrogens is 490 g/mol. The summed E-state index contributed by atoms with van der Waals surface area (Å²) in [6.45, 7) is 1.88. The molecule has 3 heteroatoms. The number of aliphatic hydroxyl groups excluding tert-OH is 1. The average molecular weight is 526 g/mol. The van der Waals surface area contributed by atoms with E-state index in [0.717, 1.165) is 29.8 Å². The van der Waals surface area contributed by atoms with Gasteiger partial charge in [0, 0.05) is 25.0 Å². The van der Waals surface area contributed by atoms with Crippen LogP contribution in [0.4, 0.5) is 0 Å². The molecule has 0 bridgehead atoms. The van der Waals surface area contributed by atoms with Crippen LogP contribution in [0.3, 0.4) is 0 Å². The van der Waals surface area contributed by atoms with Crippen LogP contribution in [0.1, 0.15) is 33.9 Å². The summed E-state index contributed by atoms with van der Waals surface area (Å²) < 4.78 is 6.98. The second-order valence-corrected chi connectivity index (χ2v) is 10.6. The van der Waals surface area contributed by atoms with Crippen LogP contribution in [0, 0.1) is 5.92 Å². The Morgan fingerprint density at radius 2 is 1.05 bits per heavy atom. The van der Waals surface area contributed by atoms with Gasteiger partial charge in [-0.3, -0.25) is 4.90 Å². The highest BCUT2D eigenvalue weighted by atomic mass is 16.5. The summed E-state index contributed by atoms with van der Waals surface area (Å²) in [6, 6.07) is 52.3. The lowest BCUT2D eigenvalue weighted by Gasteiger charge is -2.51. The van der Waals surface area contributed by atoms with E-state index in [1.54, 1.807) is 0 Å². The molecule has 6 rings (SSSR count). The zero-order valence-corrected chi connectivity index (χ0v) is 22.6. The summed E-state index contributed by atoms with van der Waals surface area (Å²) >= 11 is 0. The van der Waals surface area contributed by atoms with Gasteiger partial charge in [-0.1, -0.05) is 152 Å². The molecule has 1 heterocycles. The number of likely N-dealkylation sites (tertiary alicyclic amines) is 1. The van der Waals surface area contributed by atoms with Gasteiger partial charge < -0.3 is 9.84 Å². The number of hydrogen-bond donors (Lipinski definition) is 1. The molecule has 0 amide bonds. The van der Waals surface area contributed by atoms with Crippen molar-refractivity contribution in [2.24, 2.45) is 5.92 Å². The van der Waals surface area contributed by atoms with E-state index in [0.29, 0.717) is 0 Å². The molecule has 1 N–H and O–H groups in total. The van der Waals surface area contributed by atoms with E-state index in [4.69, 9.17) is 4.74 Å². The average Bonchev–Trinajstić information content (AvgIpc) is 3.02. The van der Waals surface area contributed by atoms with Crippen molar-refractivity contribution in [1.29, 1.82) is 0 Å². The van der Waals surface area contributed by atoms with E-state index in [9.17, 15) is 5.11 Å². The Morgan fingerprint density at radius 3 is 1.52 bits per heavy atom. The normalized spacial score (nSPS) is 18.1. The predicted octanol–water partition coefficient (Wildman–Crippen LogP) is 7.23. The molecule has 3 atom stereocenters. The number of aliphatic hydroxyl groups is 1. The summed E-state index contributed by atoms with van der Waals surface area (Å²) in [7, 11) is 0. The van der Waals surface area contributed by atoms with Gasteiger partial charge >= 0.3 is 0 Å². The topological polar surface area (TPSA) is 32.7 Å². The summed E-state index contributed by atoms with van der Waals surface area (Å²) in [5.74, 6) is 0.0612. The zero-order valence-electron chi connectivity index (χ0n) is 22.6. The fourth-order valence-electron chi connectivity index (χ4n) is 6.14. The second-order valence-electron chi connectivity index (χ2n) is 10.6. The van der Waals surface area contributed by atoms with Crippen LogP contribution in [0.5, 0.6) is 0 Å². The van der Waals surface area contributed by atoms with Crippen LogP contribution in [0.15, 0.2) is 152 Å². The summed E-state index contributed by atoms with van der Waals surface area (Å²) in [5.41, 5.74) is 4.79. The summed E-state index contributed by atoms with van der Waals surface area (Å²) in [5, 5.41) is 11.7. The van der Waals surface area contributed by atoms with E-state index in [1.165, 1.54) is 11.1 Å². The molecule has 5 aromatic rings. The SMILES string of the molecule is O[C@@H](COC(c1ccccc1)(c1ccccc1)c1ccccc1)[C@@H]1CN(Cc2ccccc2)[C@H]1c1ccccc1. The molecule has 0 saturated carbocycles. The first-order valence-electron chi connectivity index (χ1n) is 14.1. The lowest BCUT2D eigenvalue weighted by molar-refractivity contribution is -0.114. The van der Waals surface area contributed by atoms with Gasteiger partial charge in [-0.25, -0.2) is 0 Å². The molecule has 0 radical (unpaired) electrons. The van der Waals surface area contributed by atoms with E-state index in [-0.39, 0.29) is 18.6 Å². The van der Waals surface area contributed by atoms with Crippen LogP contribution < -0.4 is 0 Å². The third-order valence-electron chi connectivity index (χ3n) is 8.12. The summed E-state index contributed by atoms with van der Waals surface area (Å²) in [4.78, 5) is 2.46. The third kappa shape index (κ3) is 5.24. The van der Waals surface area contributed by atoms with Crippen molar-refractivity contribution in [3.05, 3.63) is 179 Å². The largest absolute Gasteiger partial charge is 0.390 e. The number of ether oxygens (including phenoxy) is 1. The maximum absolute atomic E-state index is 11.7. The van der Waals surface area contributed by atoms with Crippen molar-refractivity contribution >= 4 is 0 Å². The standard InChI is InChI=1S/C37H35NO2/c39-35(34-27-38(26-29-16-6-1-7-17-29)36(34)30-18-8-2-9-19-30)28-40-37(31-20-10-3-11-21-31,32-22-12-4-13-23-32)33-24-14-5-15-25-33/h1-25,34-36,39H,26-28H2/t34-,35-,36-/m0/s1. The van der Waals surface area contributed by atoms with Crippen LogP contribution in [0.2, 0.25) is 0 Å². The van der Waals surface area contributed by atoms with Crippen molar-refractivity contribution in [2.75, 3.05) is 13.2 Å². The van der Waals surface area contributed by atoms with Crippen molar-refractivity contribution < 1.29 is 9.84 Å². The maximum Gasteiger partial charge on any atom is 0.143 e. The Hall–Kier alpha value is -4.02. The Balaban J connectivity index is 1.31. The van der Waals surface area contributed by atoms with Gasteiger partial charge in [0.15, 0.2) is 0 Å². The lowest BCUT2D eigenvalue weighted by atomic mass is 9.78. The van der Waals surface area contributed by atoms with Crippen LogP contribution in [-0.4, -0.2) is 29.3 Å². The molecule has 0 aliphatic carbocycles. The minimum atomic E-state index is -0.847. The van der Waals surface area contributed by atoms with Crippen molar-refractivity contribution in [2.45, 2.75) is 24.3 Å². The first-order valence-corrected chi connectivity index (χ1v) is 14.1. The van der Waals surface area contributed by atoms with E-state index < -0.39 is 11.7 Å². The highest BCUT2D eigenvalue weighted by Gasteiger charge is 2.45. The molecule has 1 aliphatic rings. The van der Waals surface area contributed by atoms with Crippen molar-refractivity contribution in [3.8, 4) is 0 Å². The predicted molar refractivity (Wildman–Crippen MR) is 161 cm³/mol. The molecule has 1 aliphatic heterocycles. The van der Waals surface area contributed by atoms with Gasteiger partial charge in [-0.05, 0) is 27.8 Å².